The molecule has 200 valence electrons. The summed E-state index contributed by atoms with van der Waals surface area (Å²) < 4.78 is 0. The van der Waals surface area contributed by atoms with Gasteiger partial charge in [-0.1, -0.05) is 72.8 Å². The van der Waals surface area contributed by atoms with E-state index >= 15 is 0 Å². The first-order valence-electron chi connectivity index (χ1n) is 13.5. The molecule has 0 saturated carbocycles. The van der Waals surface area contributed by atoms with E-state index < -0.39 is 12.1 Å². The molecule has 0 unspecified atom stereocenters. The van der Waals surface area contributed by atoms with E-state index in [0.29, 0.717) is 32.5 Å². The van der Waals surface area contributed by atoms with E-state index in [1.54, 1.807) is 16.8 Å². The van der Waals surface area contributed by atoms with Crippen LogP contribution < -0.4 is 11.1 Å². The number of carbonyl (C=O) groups is 3. The van der Waals surface area contributed by atoms with Crippen molar-refractivity contribution in [1.29, 1.82) is 0 Å². The van der Waals surface area contributed by atoms with Crippen molar-refractivity contribution < 1.29 is 14.4 Å². The molecule has 0 radical (unpaired) electrons. The summed E-state index contributed by atoms with van der Waals surface area (Å²) in [6, 6.07) is 22.5. The molecule has 2 atom stereocenters. The first-order valence-corrected chi connectivity index (χ1v) is 13.5. The van der Waals surface area contributed by atoms with Crippen LogP contribution in [0.4, 0.5) is 0 Å². The molecule has 0 aromatic heterocycles. The maximum atomic E-state index is 13.5. The minimum Gasteiger partial charge on any atom is -0.343 e. The largest absolute Gasteiger partial charge is 0.343 e. The SMILES string of the molecule is CN(Cc1ccccc1)C(=O)[C@H](CCCCN)NC(=O)[C@@H]1CCCN1C(=O)Cc1cccc2ccccc12. The molecule has 0 aliphatic carbocycles. The first-order chi connectivity index (χ1) is 18.5. The van der Waals surface area contributed by atoms with Crippen molar-refractivity contribution in [3.05, 3.63) is 83.9 Å². The number of likely N-dealkylation sites (N-methyl/N-ethyl adjacent to an activating group) is 1. The van der Waals surface area contributed by atoms with E-state index in [1.807, 2.05) is 72.8 Å². The lowest BCUT2D eigenvalue weighted by molar-refractivity contribution is -0.140. The summed E-state index contributed by atoms with van der Waals surface area (Å²) in [5.41, 5.74) is 7.66. The number of hydrogen-bond acceptors (Lipinski definition) is 4. The Bertz CT molecular complexity index is 1240. The predicted octanol–water partition coefficient (Wildman–Crippen LogP) is 3.65. The normalized spacial score (nSPS) is 15.8. The third-order valence-electron chi connectivity index (χ3n) is 7.30. The second kappa shape index (κ2) is 13.2. The van der Waals surface area contributed by atoms with Gasteiger partial charge in [0.1, 0.15) is 12.1 Å². The monoisotopic (exact) mass is 514 g/mol. The van der Waals surface area contributed by atoms with E-state index in [9.17, 15) is 14.4 Å². The van der Waals surface area contributed by atoms with Crippen LogP contribution in [0.5, 0.6) is 0 Å². The van der Waals surface area contributed by atoms with Gasteiger partial charge in [0.2, 0.25) is 17.7 Å². The molecular weight excluding hydrogens is 476 g/mol. The first kappa shape index (κ1) is 27.3. The van der Waals surface area contributed by atoms with Gasteiger partial charge in [-0.05, 0) is 60.5 Å². The summed E-state index contributed by atoms with van der Waals surface area (Å²) in [7, 11) is 1.76. The van der Waals surface area contributed by atoms with Crippen molar-refractivity contribution >= 4 is 28.5 Å². The van der Waals surface area contributed by atoms with Crippen LogP contribution in [0.2, 0.25) is 0 Å². The molecular formula is C31H38N4O3. The molecule has 38 heavy (non-hydrogen) atoms. The lowest BCUT2D eigenvalue weighted by Crippen LogP contribution is -2.53. The Morgan fingerprint density at radius 1 is 1.00 bits per heavy atom. The van der Waals surface area contributed by atoms with Crippen molar-refractivity contribution in [3.63, 3.8) is 0 Å². The predicted molar refractivity (Wildman–Crippen MR) is 150 cm³/mol. The van der Waals surface area contributed by atoms with Gasteiger partial charge in [-0.25, -0.2) is 0 Å². The Morgan fingerprint density at radius 2 is 1.74 bits per heavy atom. The van der Waals surface area contributed by atoms with E-state index in [1.165, 1.54) is 0 Å². The van der Waals surface area contributed by atoms with Gasteiger partial charge >= 0.3 is 0 Å². The smallest absolute Gasteiger partial charge is 0.245 e. The summed E-state index contributed by atoms with van der Waals surface area (Å²) in [4.78, 5) is 43.5. The van der Waals surface area contributed by atoms with Crippen molar-refractivity contribution in [2.24, 2.45) is 5.73 Å². The van der Waals surface area contributed by atoms with E-state index in [-0.39, 0.29) is 24.1 Å². The maximum Gasteiger partial charge on any atom is 0.245 e. The summed E-state index contributed by atoms with van der Waals surface area (Å²) >= 11 is 0. The van der Waals surface area contributed by atoms with E-state index in [4.69, 9.17) is 5.73 Å². The van der Waals surface area contributed by atoms with Crippen molar-refractivity contribution in [3.8, 4) is 0 Å². The van der Waals surface area contributed by atoms with Gasteiger partial charge in [0.15, 0.2) is 0 Å². The molecule has 1 fully saturated rings. The van der Waals surface area contributed by atoms with Crippen LogP contribution in [0.15, 0.2) is 72.8 Å². The zero-order chi connectivity index (χ0) is 26.9. The van der Waals surface area contributed by atoms with Crippen LogP contribution in [0, 0.1) is 0 Å². The Balaban J connectivity index is 1.43. The van der Waals surface area contributed by atoms with E-state index in [0.717, 1.165) is 41.2 Å². The topological polar surface area (TPSA) is 95.7 Å². The van der Waals surface area contributed by atoms with Gasteiger partial charge in [-0.15, -0.1) is 0 Å². The number of hydrogen-bond donors (Lipinski definition) is 2. The highest BCUT2D eigenvalue weighted by atomic mass is 16.2. The second-order valence-corrected chi connectivity index (χ2v) is 10.1. The molecule has 3 N–H and O–H groups in total. The Hall–Kier alpha value is -3.71. The molecule has 0 bridgehead atoms. The van der Waals surface area contributed by atoms with Crippen LogP contribution >= 0.6 is 0 Å². The maximum absolute atomic E-state index is 13.5. The molecule has 7 heteroatoms. The molecule has 1 saturated heterocycles. The molecule has 4 rings (SSSR count). The van der Waals surface area contributed by atoms with Crippen molar-refractivity contribution in [2.75, 3.05) is 20.1 Å². The fourth-order valence-corrected chi connectivity index (χ4v) is 5.27. The second-order valence-electron chi connectivity index (χ2n) is 10.1. The van der Waals surface area contributed by atoms with Gasteiger partial charge in [-0.2, -0.15) is 0 Å². The number of nitrogens with one attached hydrogen (secondary N) is 1. The number of carbonyl (C=O) groups excluding carboxylic acids is 3. The number of nitrogens with zero attached hydrogens (tertiary/aromatic N) is 2. The summed E-state index contributed by atoms with van der Waals surface area (Å²) in [6.45, 7) is 1.54. The Morgan fingerprint density at radius 3 is 2.53 bits per heavy atom. The minimum absolute atomic E-state index is 0.0637. The summed E-state index contributed by atoms with van der Waals surface area (Å²) in [5, 5.41) is 5.14. The van der Waals surface area contributed by atoms with Gasteiger partial charge in [0.25, 0.3) is 0 Å². The van der Waals surface area contributed by atoms with Crippen molar-refractivity contribution in [2.45, 2.75) is 57.2 Å². The van der Waals surface area contributed by atoms with Crippen LogP contribution in [0.25, 0.3) is 10.8 Å². The zero-order valence-corrected chi connectivity index (χ0v) is 22.1. The highest BCUT2D eigenvalue weighted by Crippen LogP contribution is 2.23. The van der Waals surface area contributed by atoms with Gasteiger partial charge in [0, 0.05) is 20.1 Å². The van der Waals surface area contributed by atoms with Crippen LogP contribution in [-0.2, 0) is 27.3 Å². The fourth-order valence-electron chi connectivity index (χ4n) is 5.27. The Kier molecular flexibility index (Phi) is 9.49. The van der Waals surface area contributed by atoms with Gasteiger partial charge in [-0.3, -0.25) is 14.4 Å². The highest BCUT2D eigenvalue weighted by molar-refractivity contribution is 5.94. The molecule has 3 aromatic rings. The van der Waals surface area contributed by atoms with Gasteiger partial charge in [0.05, 0.1) is 6.42 Å². The standard InChI is InChI=1S/C31H38N4O3/c1-34(22-23-11-3-2-4-12-23)31(38)27(17-7-8-19-32)33-30(37)28-18-10-20-35(28)29(36)21-25-15-9-14-24-13-5-6-16-26(24)25/h2-6,9,11-16,27-28H,7-8,10,17-22,32H2,1H3,(H,33,37)/t27-,28-/m0/s1. The summed E-state index contributed by atoms with van der Waals surface area (Å²) in [5.74, 6) is -0.454. The number of nitrogens with two attached hydrogens (primary N) is 1. The Labute approximate surface area is 225 Å². The van der Waals surface area contributed by atoms with Crippen LogP contribution in [0.3, 0.4) is 0 Å². The molecule has 0 spiro atoms. The molecule has 7 nitrogen and oxygen atoms in total. The van der Waals surface area contributed by atoms with Crippen LogP contribution in [-0.4, -0.2) is 59.7 Å². The minimum atomic E-state index is -0.654. The average molecular weight is 515 g/mol. The number of unbranched alkanes of at least 4 members (excludes halogenated alkanes) is 1. The highest BCUT2D eigenvalue weighted by Gasteiger charge is 2.36. The van der Waals surface area contributed by atoms with E-state index in [2.05, 4.69) is 5.32 Å². The molecule has 1 aliphatic rings. The third-order valence-corrected chi connectivity index (χ3v) is 7.30. The number of fused-ring (bicyclic) bond motifs is 1. The average Bonchev–Trinajstić information content (AvgIpc) is 3.43. The number of rotatable bonds is 11. The molecule has 1 aliphatic heterocycles. The molecule has 3 amide bonds. The lowest BCUT2D eigenvalue weighted by atomic mass is 10.0. The number of benzene rings is 3. The third kappa shape index (κ3) is 6.78. The summed E-state index contributed by atoms with van der Waals surface area (Å²) in [6.07, 6.45) is 3.62. The van der Waals surface area contributed by atoms with Gasteiger partial charge < -0.3 is 20.9 Å². The lowest BCUT2D eigenvalue weighted by Gasteiger charge is -2.29. The quantitative estimate of drug-likeness (QED) is 0.382. The van der Waals surface area contributed by atoms with Crippen LogP contribution in [0.1, 0.15) is 43.2 Å². The fraction of sp³-hybridized carbons (Fsp3) is 0.387. The number of amides is 3. The molecule has 3 aromatic carbocycles. The molecule has 1 heterocycles. The van der Waals surface area contributed by atoms with Crippen molar-refractivity contribution in [1.82, 2.24) is 15.1 Å². The number of likely N-dealkylation sites (tertiary alicyclic amines) is 1. The zero-order valence-electron chi connectivity index (χ0n) is 22.1.